The number of aliphatic hydroxyl groups is 11. The minimum absolute atomic E-state index is 0.0163. The maximum atomic E-state index is 14.4. The van der Waals surface area contributed by atoms with Gasteiger partial charge in [-0.05, 0) is 24.3 Å². The number of benzene rings is 2. The van der Waals surface area contributed by atoms with Crippen LogP contribution in [0.3, 0.4) is 0 Å². The molecule has 0 bridgehead atoms. The molecule has 2 aromatic carbocycles. The second-order valence-corrected chi connectivity index (χ2v) is 13.0. The number of phenols is 2. The van der Waals surface area contributed by atoms with Crippen LogP contribution in [0, 0.1) is 0 Å². The highest BCUT2D eigenvalue weighted by atomic mass is 16.7. The van der Waals surface area contributed by atoms with Crippen molar-refractivity contribution in [1.82, 2.24) is 0 Å². The first kappa shape index (κ1) is 41.2. The van der Waals surface area contributed by atoms with Crippen molar-refractivity contribution in [3.8, 4) is 40.1 Å². The number of fused-ring (bicyclic) bond motifs is 1. The maximum absolute atomic E-state index is 14.4. The van der Waals surface area contributed by atoms with E-state index in [2.05, 4.69) is 0 Å². The number of rotatable bonds is 10. The summed E-state index contributed by atoms with van der Waals surface area (Å²) in [5, 5.41) is 143. The first-order valence-electron chi connectivity index (χ1n) is 16.7. The number of carbonyl (C=O) groups is 1. The zero-order valence-corrected chi connectivity index (χ0v) is 28.4. The van der Waals surface area contributed by atoms with E-state index in [-0.39, 0.29) is 11.3 Å². The van der Waals surface area contributed by atoms with E-state index in [1.54, 1.807) is 0 Å². The third-order valence-corrected chi connectivity index (χ3v) is 9.39. The Kier molecular flexibility index (Phi) is 11.9. The summed E-state index contributed by atoms with van der Waals surface area (Å²) in [5.41, 5.74) is -1.93. The topological polar surface area (TPSA) is 386 Å². The van der Waals surface area contributed by atoms with Gasteiger partial charge >= 0.3 is 5.97 Å². The lowest BCUT2D eigenvalue weighted by Crippen LogP contribution is -2.61. The molecule has 3 aliphatic rings. The van der Waals surface area contributed by atoms with Crippen LogP contribution in [-0.2, 0) is 19.0 Å². The fourth-order valence-corrected chi connectivity index (χ4v) is 6.22. The van der Waals surface area contributed by atoms with Gasteiger partial charge in [0.1, 0.15) is 83.9 Å². The van der Waals surface area contributed by atoms with Gasteiger partial charge in [-0.2, -0.15) is 0 Å². The van der Waals surface area contributed by atoms with Gasteiger partial charge in [-0.1, -0.05) is 0 Å². The summed E-state index contributed by atoms with van der Waals surface area (Å²) >= 11 is 0. The van der Waals surface area contributed by atoms with Gasteiger partial charge in [0.2, 0.25) is 35.8 Å². The predicted molar refractivity (Wildman–Crippen MR) is 175 cm³/mol. The average molecular weight is 803 g/mol. The van der Waals surface area contributed by atoms with E-state index >= 15 is 0 Å². The first-order valence-corrected chi connectivity index (χ1v) is 16.7. The summed E-state index contributed by atoms with van der Waals surface area (Å²) in [7, 11) is 0. The van der Waals surface area contributed by atoms with Crippen molar-refractivity contribution in [2.45, 2.75) is 92.1 Å². The Labute approximate surface area is 312 Å². The molecule has 308 valence electrons. The minimum atomic E-state index is -2.20. The Balaban J connectivity index is 1.54. The largest absolute Gasteiger partial charge is 0.508 e. The molecule has 0 aliphatic carbocycles. The highest BCUT2D eigenvalue weighted by molar-refractivity contribution is 5.91. The number of carboxylic acids is 1. The Bertz CT molecular complexity index is 1930. The Morgan fingerprint density at radius 1 is 0.625 bits per heavy atom. The first-order chi connectivity index (χ1) is 26.5. The van der Waals surface area contributed by atoms with Gasteiger partial charge in [-0.3, -0.25) is 4.79 Å². The van der Waals surface area contributed by atoms with E-state index in [0.29, 0.717) is 0 Å². The van der Waals surface area contributed by atoms with Crippen molar-refractivity contribution >= 4 is 16.9 Å². The quantitative estimate of drug-likeness (QED) is 0.0909. The van der Waals surface area contributed by atoms with E-state index in [4.69, 9.17) is 32.8 Å². The molecule has 0 spiro atoms. The lowest BCUT2D eigenvalue weighted by molar-refractivity contribution is -0.280. The molecule has 3 fully saturated rings. The summed E-state index contributed by atoms with van der Waals surface area (Å²) in [4.78, 5) is 26.1. The average Bonchev–Trinajstić information content (AvgIpc) is 3.17. The number of aliphatic carboxylic acids is 1. The summed E-state index contributed by atoms with van der Waals surface area (Å²) in [5.74, 6) is -6.48. The predicted octanol–water partition coefficient (Wildman–Crippen LogP) is -5.50. The number of hydrogen-bond donors (Lipinski definition) is 14. The van der Waals surface area contributed by atoms with Crippen molar-refractivity contribution < 1.29 is 109 Å². The molecule has 0 amide bonds. The number of hydrogen-bond acceptors (Lipinski definition) is 22. The smallest absolute Gasteiger partial charge is 0.335 e. The Morgan fingerprint density at radius 3 is 1.61 bits per heavy atom. The second-order valence-electron chi connectivity index (χ2n) is 13.0. The maximum Gasteiger partial charge on any atom is 0.335 e. The normalized spacial score (nSPS) is 36.2. The molecule has 23 heteroatoms. The van der Waals surface area contributed by atoms with Gasteiger partial charge in [-0.25, -0.2) is 4.79 Å². The van der Waals surface area contributed by atoms with Gasteiger partial charge in [0, 0.05) is 11.6 Å². The zero-order valence-electron chi connectivity index (χ0n) is 28.4. The third-order valence-electron chi connectivity index (χ3n) is 9.39. The second kappa shape index (κ2) is 16.2. The molecule has 0 radical (unpaired) electrons. The van der Waals surface area contributed by atoms with Crippen molar-refractivity contribution in [3.05, 3.63) is 40.6 Å². The van der Waals surface area contributed by atoms with E-state index in [9.17, 15) is 81.1 Å². The molecule has 14 N–H and O–H groups in total. The van der Waals surface area contributed by atoms with Gasteiger partial charge in [0.15, 0.2) is 23.4 Å². The molecule has 3 saturated heterocycles. The van der Waals surface area contributed by atoms with Crippen molar-refractivity contribution in [2.75, 3.05) is 13.2 Å². The number of aliphatic hydroxyl groups excluding tert-OH is 11. The number of aromatic hydroxyl groups is 2. The van der Waals surface area contributed by atoms with E-state index in [0.717, 1.165) is 6.07 Å². The summed E-state index contributed by atoms with van der Waals surface area (Å²) in [6.45, 7) is -1.81. The van der Waals surface area contributed by atoms with Gasteiger partial charge in [-0.15, -0.1) is 0 Å². The molecule has 56 heavy (non-hydrogen) atoms. The molecule has 0 saturated carbocycles. The highest BCUT2D eigenvalue weighted by Gasteiger charge is 2.50. The van der Waals surface area contributed by atoms with Crippen LogP contribution in [-0.4, -0.2) is 183 Å². The summed E-state index contributed by atoms with van der Waals surface area (Å²) in [6, 6.07) is 5.61. The molecular weight excluding hydrogens is 764 g/mol. The Morgan fingerprint density at radius 2 is 1.11 bits per heavy atom. The van der Waals surface area contributed by atoms with Gasteiger partial charge in [0.25, 0.3) is 0 Å². The fraction of sp³-hybridized carbons (Fsp3) is 0.515. The van der Waals surface area contributed by atoms with Crippen LogP contribution in [0.4, 0.5) is 0 Å². The van der Waals surface area contributed by atoms with Crippen molar-refractivity contribution in [3.63, 3.8) is 0 Å². The van der Waals surface area contributed by atoms with Gasteiger partial charge in [0.05, 0.1) is 13.2 Å². The molecule has 10 unspecified atom stereocenters. The monoisotopic (exact) mass is 802 g/mol. The van der Waals surface area contributed by atoms with Crippen molar-refractivity contribution in [2.24, 2.45) is 0 Å². The van der Waals surface area contributed by atoms with Crippen LogP contribution in [0.2, 0.25) is 0 Å². The lowest BCUT2D eigenvalue weighted by Gasteiger charge is -2.40. The fourth-order valence-electron chi connectivity index (χ4n) is 6.22. The van der Waals surface area contributed by atoms with Crippen LogP contribution >= 0.6 is 0 Å². The number of phenolic OH excluding ortho intramolecular Hbond substituents is 2. The number of ether oxygens (including phenoxy) is 6. The van der Waals surface area contributed by atoms with Crippen LogP contribution in [0.25, 0.3) is 22.3 Å². The third kappa shape index (κ3) is 7.41. The number of carboxylic acid groups (broad SMARTS) is 1. The summed E-state index contributed by atoms with van der Waals surface area (Å²) < 4.78 is 38.8. The molecule has 1 aromatic heterocycles. The molecule has 15 atom stereocenters. The van der Waals surface area contributed by atoms with Gasteiger partial charge < -0.3 is 104 Å². The summed E-state index contributed by atoms with van der Waals surface area (Å²) in [6.07, 6.45) is -30.0. The highest BCUT2D eigenvalue weighted by Crippen LogP contribution is 2.47. The minimum Gasteiger partial charge on any atom is -0.508 e. The van der Waals surface area contributed by atoms with E-state index in [1.807, 2.05) is 0 Å². The molecule has 3 aliphatic heterocycles. The van der Waals surface area contributed by atoms with Crippen LogP contribution in [0.1, 0.15) is 0 Å². The van der Waals surface area contributed by atoms with Crippen molar-refractivity contribution in [1.29, 1.82) is 0 Å². The SMILES string of the molecule is O=C(O)[C@H]1O[C@@H](Oc2cc3oc(-c4ccc(O)cc4)c(OC4O[C@H](CO)C(O)[C@H](O)C4O)c(=O)c3c(O)c2OC2OC(CO)C(O)C(O)C2O)C(O)[C@@H](O)C1O. The van der Waals surface area contributed by atoms with E-state index < -0.39 is 156 Å². The molecule has 3 aromatic rings. The molecule has 4 heterocycles. The molecule has 6 rings (SSSR count). The molecular formula is C33H38O23. The van der Waals surface area contributed by atoms with Crippen LogP contribution < -0.4 is 19.6 Å². The Hall–Kier alpha value is -4.44. The standard InChI is InChI=1S/C33H38O23/c34-6-12-15(37)19(41)23(45)32(52-12)54-27-11(51-31-25(47)21(43)22(44)29(56-31)30(48)49)5-10-14(17(27)39)18(40)28(26(50-10)8-1-3-9(36)4-2-8)55-33-24(46)20(42)16(38)13(7-35)53-33/h1-5,12-13,15-16,19-25,29,31-39,41-47H,6-7H2,(H,48,49)/t12?,13-,15?,16?,19?,20+,21+,22?,23?,24?,25?,29+,31-,32?,33?/m1/s1. The molecule has 23 nitrogen and oxygen atoms in total. The lowest BCUT2D eigenvalue weighted by atomic mass is 9.99. The van der Waals surface area contributed by atoms with Crippen LogP contribution in [0.15, 0.2) is 39.5 Å². The van der Waals surface area contributed by atoms with E-state index in [1.165, 1.54) is 24.3 Å². The zero-order chi connectivity index (χ0) is 40.9. The van der Waals surface area contributed by atoms with Crippen LogP contribution in [0.5, 0.6) is 28.7 Å².